The molecule has 0 saturated carbocycles. The molecule has 1 aromatic rings. The fraction of sp³-hybridized carbons (Fsp3) is 0.824. The lowest BCUT2D eigenvalue weighted by atomic mass is 10.0. The Balaban J connectivity index is 2.97. The highest BCUT2D eigenvalue weighted by molar-refractivity contribution is 7.85. The van der Waals surface area contributed by atoms with E-state index in [0.717, 1.165) is 29.7 Å². The third-order valence-corrected chi connectivity index (χ3v) is 9.39. The van der Waals surface area contributed by atoms with Crippen molar-refractivity contribution < 1.29 is 17.5 Å². The number of benzene rings is 1. The van der Waals surface area contributed by atoms with Gasteiger partial charge in [0.2, 0.25) is 0 Å². The molecule has 0 aliphatic carbocycles. The molecule has 0 atom stereocenters. The Kier molecular flexibility index (Phi) is 21.1. The molecule has 4 nitrogen and oxygen atoms in total. The Morgan fingerprint density at radius 3 is 1.23 bits per heavy atom. The lowest BCUT2D eigenvalue weighted by Crippen LogP contribution is -2.49. The summed E-state index contributed by atoms with van der Waals surface area (Å²) >= 11 is 0. The first-order valence-corrected chi connectivity index (χ1v) is 18.2. The van der Waals surface area contributed by atoms with Crippen molar-refractivity contribution in [3.63, 3.8) is 0 Å². The molecule has 228 valence electrons. The van der Waals surface area contributed by atoms with Crippen LogP contribution in [-0.4, -0.2) is 37.1 Å². The van der Waals surface area contributed by atoms with E-state index in [2.05, 4.69) is 20.8 Å². The molecular weight excluding hydrogens is 502 g/mol. The number of quaternary nitrogens is 1. The van der Waals surface area contributed by atoms with Gasteiger partial charge in [0.05, 0.1) is 24.5 Å². The van der Waals surface area contributed by atoms with Crippen molar-refractivity contribution >= 4 is 10.1 Å². The largest absolute Gasteiger partial charge is 0.744 e. The van der Waals surface area contributed by atoms with E-state index in [1.165, 1.54) is 141 Å². The van der Waals surface area contributed by atoms with E-state index in [0.29, 0.717) is 6.54 Å². The molecule has 0 unspecified atom stereocenters. The highest BCUT2D eigenvalue weighted by Crippen LogP contribution is 2.26. The maximum Gasteiger partial charge on any atom is 0.124 e. The normalized spacial score (nSPS) is 12.3. The average molecular weight is 566 g/mol. The minimum Gasteiger partial charge on any atom is -0.744 e. The predicted octanol–water partition coefficient (Wildman–Crippen LogP) is 10.2. The van der Waals surface area contributed by atoms with Crippen LogP contribution in [0.3, 0.4) is 0 Å². The van der Waals surface area contributed by atoms with Gasteiger partial charge in [-0.25, -0.2) is 8.42 Å². The van der Waals surface area contributed by atoms with Gasteiger partial charge in [-0.1, -0.05) is 135 Å². The van der Waals surface area contributed by atoms with Crippen LogP contribution in [0.2, 0.25) is 0 Å². The summed E-state index contributed by atoms with van der Waals surface area (Å²) in [4.78, 5) is -0.00815. The molecule has 0 bridgehead atoms. The highest BCUT2D eigenvalue weighted by Gasteiger charge is 2.28. The van der Waals surface area contributed by atoms with Gasteiger partial charge in [0.15, 0.2) is 0 Å². The summed E-state index contributed by atoms with van der Waals surface area (Å²) in [5.74, 6) is 0. The van der Waals surface area contributed by atoms with Crippen LogP contribution >= 0.6 is 0 Å². The molecule has 0 saturated heterocycles. The highest BCUT2D eigenvalue weighted by atomic mass is 32.2. The van der Waals surface area contributed by atoms with Gasteiger partial charge in [0.25, 0.3) is 0 Å². The van der Waals surface area contributed by atoms with Gasteiger partial charge in [-0.15, -0.1) is 0 Å². The molecule has 0 fully saturated rings. The molecule has 0 heterocycles. The summed E-state index contributed by atoms with van der Waals surface area (Å²) in [6, 6.07) is 6.99. The molecule has 0 radical (unpaired) electrons. The van der Waals surface area contributed by atoms with Gasteiger partial charge in [-0.05, 0) is 44.6 Å². The van der Waals surface area contributed by atoms with E-state index in [-0.39, 0.29) is 4.90 Å². The second kappa shape index (κ2) is 22.7. The maximum atomic E-state index is 12.1. The molecule has 5 heteroatoms. The van der Waals surface area contributed by atoms with Crippen LogP contribution in [-0.2, 0) is 16.7 Å². The van der Waals surface area contributed by atoms with Crippen LogP contribution < -0.4 is 0 Å². The zero-order valence-electron chi connectivity index (χ0n) is 26.1. The van der Waals surface area contributed by atoms with Gasteiger partial charge in [-0.3, -0.25) is 0 Å². The summed E-state index contributed by atoms with van der Waals surface area (Å²) in [5, 5.41) is 0. The summed E-state index contributed by atoms with van der Waals surface area (Å²) < 4.78 is 37.3. The van der Waals surface area contributed by atoms with Gasteiger partial charge in [-0.2, -0.15) is 0 Å². The number of hydrogen-bond acceptors (Lipinski definition) is 3. The first-order chi connectivity index (χ1) is 18.9. The lowest BCUT2D eigenvalue weighted by Gasteiger charge is -2.40. The van der Waals surface area contributed by atoms with Crippen LogP contribution in [0.4, 0.5) is 0 Å². The quantitative estimate of drug-likeness (QED) is 0.0605. The molecule has 0 spiro atoms. The zero-order chi connectivity index (χ0) is 28.7. The summed E-state index contributed by atoms with van der Waals surface area (Å²) in [6.45, 7) is 10.7. The molecule has 0 aliphatic rings. The van der Waals surface area contributed by atoms with Crippen molar-refractivity contribution in [2.45, 2.75) is 167 Å². The van der Waals surface area contributed by atoms with E-state index in [1.807, 2.05) is 12.1 Å². The number of unbranched alkanes of at least 4 members (excludes halogenated alkanes) is 18. The Bertz CT molecular complexity index is 763. The third kappa shape index (κ3) is 17.5. The van der Waals surface area contributed by atoms with Gasteiger partial charge >= 0.3 is 0 Å². The Hall–Kier alpha value is -0.910. The van der Waals surface area contributed by atoms with Crippen molar-refractivity contribution in [3.05, 3.63) is 29.8 Å². The van der Waals surface area contributed by atoms with Gasteiger partial charge in [0, 0.05) is 5.56 Å². The standard InChI is InChI=1S/C34H63NO3S/c1-4-7-10-13-16-19-24-29-35(30-25-20-17-14-11-8-5-2,31-26-21-18-15-12-9-6-3)32-33-27-22-23-28-34(33)39(36,37)38/h22-23,27-28H,4-21,24-26,29-32H2,1-3H3. The van der Waals surface area contributed by atoms with E-state index in [4.69, 9.17) is 0 Å². The smallest absolute Gasteiger partial charge is 0.124 e. The second-order valence-corrected chi connectivity index (χ2v) is 13.4. The fourth-order valence-electron chi connectivity index (χ4n) is 6.03. The van der Waals surface area contributed by atoms with Crippen molar-refractivity contribution in [1.82, 2.24) is 0 Å². The summed E-state index contributed by atoms with van der Waals surface area (Å²) in [6.07, 6.45) is 27.0. The number of rotatable bonds is 27. The SMILES string of the molecule is CCCCCCCCC[N+](CCCCCCCCC)(CCCCCCCCC)Cc1ccccc1S(=O)(=O)[O-]. The molecule has 0 N–H and O–H groups in total. The monoisotopic (exact) mass is 565 g/mol. The fourth-order valence-corrected chi connectivity index (χ4v) is 6.72. The van der Waals surface area contributed by atoms with Gasteiger partial charge in [0.1, 0.15) is 16.7 Å². The van der Waals surface area contributed by atoms with E-state index < -0.39 is 10.1 Å². The van der Waals surface area contributed by atoms with Crippen molar-refractivity contribution in [2.75, 3.05) is 19.6 Å². The summed E-state index contributed by atoms with van der Waals surface area (Å²) in [7, 11) is -4.48. The van der Waals surface area contributed by atoms with Crippen molar-refractivity contribution in [2.24, 2.45) is 0 Å². The Morgan fingerprint density at radius 2 is 0.872 bits per heavy atom. The predicted molar refractivity (Wildman–Crippen MR) is 167 cm³/mol. The van der Waals surface area contributed by atoms with Crippen molar-refractivity contribution in [3.8, 4) is 0 Å². The van der Waals surface area contributed by atoms with Crippen LogP contribution in [0.1, 0.15) is 161 Å². The summed E-state index contributed by atoms with van der Waals surface area (Å²) in [5.41, 5.74) is 0.723. The first kappa shape index (κ1) is 36.1. The third-order valence-electron chi connectivity index (χ3n) is 8.46. The minimum absolute atomic E-state index is 0.00815. The van der Waals surface area contributed by atoms with E-state index >= 15 is 0 Å². The van der Waals surface area contributed by atoms with E-state index in [9.17, 15) is 13.0 Å². The second-order valence-electron chi connectivity index (χ2n) is 12.1. The average Bonchev–Trinajstić information content (AvgIpc) is 2.91. The minimum atomic E-state index is -4.48. The Labute approximate surface area is 243 Å². The zero-order valence-corrected chi connectivity index (χ0v) is 26.9. The van der Waals surface area contributed by atoms with Crippen molar-refractivity contribution in [1.29, 1.82) is 0 Å². The Morgan fingerprint density at radius 1 is 0.538 bits per heavy atom. The maximum absolute atomic E-state index is 12.1. The topological polar surface area (TPSA) is 57.2 Å². The van der Waals surface area contributed by atoms with Crippen LogP contribution in [0.15, 0.2) is 29.2 Å². The van der Waals surface area contributed by atoms with Crippen LogP contribution in [0.25, 0.3) is 0 Å². The molecule has 1 rings (SSSR count). The molecule has 39 heavy (non-hydrogen) atoms. The molecule has 0 aromatic heterocycles. The molecule has 1 aromatic carbocycles. The molecule has 0 amide bonds. The van der Waals surface area contributed by atoms with Crippen LogP contribution in [0.5, 0.6) is 0 Å². The number of hydrogen-bond donors (Lipinski definition) is 0. The number of nitrogens with zero attached hydrogens (tertiary/aromatic N) is 1. The molecular formula is C34H63NO3S. The van der Waals surface area contributed by atoms with E-state index in [1.54, 1.807) is 6.07 Å². The first-order valence-electron chi connectivity index (χ1n) is 16.8. The molecule has 0 aliphatic heterocycles. The van der Waals surface area contributed by atoms with Crippen LogP contribution in [0, 0.1) is 0 Å². The van der Waals surface area contributed by atoms with Gasteiger partial charge < -0.3 is 9.04 Å². The lowest BCUT2D eigenvalue weighted by molar-refractivity contribution is -0.941.